The Morgan fingerprint density at radius 1 is 1.07 bits per heavy atom. The maximum atomic E-state index is 13.1. The van der Waals surface area contributed by atoms with Gasteiger partial charge in [-0.25, -0.2) is 9.18 Å². The Balaban J connectivity index is 1.17. The molecule has 6 heteroatoms. The predicted octanol–water partition coefficient (Wildman–Crippen LogP) is 4.18. The molecule has 0 heterocycles. The zero-order valence-corrected chi connectivity index (χ0v) is 16.9. The fourth-order valence-corrected chi connectivity index (χ4v) is 5.57. The minimum atomic E-state index is -0.401. The second kappa shape index (κ2) is 6.56. The molecule has 3 aliphatic rings. The number of rotatable bonds is 6. The van der Waals surface area contributed by atoms with Crippen molar-refractivity contribution in [1.29, 1.82) is 0 Å². The van der Waals surface area contributed by atoms with E-state index in [1.54, 1.807) is 0 Å². The first kappa shape index (κ1) is 19.1. The van der Waals surface area contributed by atoms with Gasteiger partial charge < -0.3 is 15.4 Å². The van der Waals surface area contributed by atoms with Crippen molar-refractivity contribution in [2.24, 2.45) is 11.3 Å². The average molecular weight is 408 g/mol. The maximum absolute atomic E-state index is 13.1. The molecule has 0 saturated heterocycles. The van der Waals surface area contributed by atoms with Gasteiger partial charge >= 0.3 is 6.09 Å². The zero-order valence-electron chi connectivity index (χ0n) is 16.9. The molecule has 156 valence electrons. The van der Waals surface area contributed by atoms with Crippen molar-refractivity contribution < 1.29 is 18.7 Å². The summed E-state index contributed by atoms with van der Waals surface area (Å²) in [4.78, 5) is 25.0. The molecule has 3 unspecified atom stereocenters. The largest absolute Gasteiger partial charge is 0.445 e. The first-order valence-corrected chi connectivity index (χ1v) is 10.4. The van der Waals surface area contributed by atoms with Gasteiger partial charge in [0.2, 0.25) is 0 Å². The van der Waals surface area contributed by atoms with E-state index >= 15 is 0 Å². The summed E-state index contributed by atoms with van der Waals surface area (Å²) in [5.41, 5.74) is 0.987. The Labute approximate surface area is 175 Å². The van der Waals surface area contributed by atoms with Crippen molar-refractivity contribution in [2.75, 3.05) is 0 Å². The van der Waals surface area contributed by atoms with E-state index in [4.69, 9.17) is 4.74 Å². The van der Waals surface area contributed by atoms with Crippen LogP contribution in [0.1, 0.15) is 48.5 Å². The number of alkyl carbamates (subject to hydrolysis) is 1. The van der Waals surface area contributed by atoms with Crippen LogP contribution in [0.5, 0.6) is 0 Å². The van der Waals surface area contributed by atoms with E-state index in [0.29, 0.717) is 11.5 Å². The topological polar surface area (TPSA) is 67.4 Å². The van der Waals surface area contributed by atoms with Crippen molar-refractivity contribution >= 4 is 12.0 Å². The van der Waals surface area contributed by atoms with Crippen LogP contribution in [0.2, 0.25) is 0 Å². The molecule has 0 aromatic heterocycles. The fraction of sp³-hybridized carbons (Fsp3) is 0.417. The summed E-state index contributed by atoms with van der Waals surface area (Å²) in [6.45, 7) is 2.31. The molecule has 3 fully saturated rings. The molecular formula is C24H25FN2O3. The van der Waals surface area contributed by atoms with Crippen LogP contribution in [-0.4, -0.2) is 23.1 Å². The number of ether oxygens (including phenoxy) is 1. The van der Waals surface area contributed by atoms with E-state index in [2.05, 4.69) is 17.6 Å². The van der Waals surface area contributed by atoms with Crippen molar-refractivity contribution in [3.8, 4) is 0 Å². The number of hydrogen-bond donors (Lipinski definition) is 2. The minimum Gasteiger partial charge on any atom is -0.445 e. The van der Waals surface area contributed by atoms with Crippen LogP contribution < -0.4 is 10.6 Å². The second-order valence-electron chi connectivity index (χ2n) is 9.24. The summed E-state index contributed by atoms with van der Waals surface area (Å²) >= 11 is 0. The molecule has 30 heavy (non-hydrogen) atoms. The molecular weight excluding hydrogens is 383 g/mol. The number of fused-ring (bicyclic) bond motifs is 1. The van der Waals surface area contributed by atoms with Crippen LogP contribution in [0, 0.1) is 17.2 Å². The number of benzene rings is 2. The molecule has 5 rings (SSSR count). The van der Waals surface area contributed by atoms with Crippen LogP contribution in [0.15, 0.2) is 54.6 Å². The predicted molar refractivity (Wildman–Crippen MR) is 109 cm³/mol. The van der Waals surface area contributed by atoms with Crippen LogP contribution in [-0.2, 0) is 11.3 Å². The Morgan fingerprint density at radius 3 is 2.40 bits per heavy atom. The minimum absolute atomic E-state index is 0.0597. The molecule has 0 bridgehead atoms. The van der Waals surface area contributed by atoms with Crippen LogP contribution >= 0.6 is 0 Å². The average Bonchev–Trinajstić information content (AvgIpc) is 3.63. The lowest BCUT2D eigenvalue weighted by atomic mass is 9.64. The number of carbonyl (C=O) groups is 2. The Hall–Kier alpha value is -2.89. The van der Waals surface area contributed by atoms with Gasteiger partial charge in [0.15, 0.2) is 0 Å². The third kappa shape index (κ3) is 3.06. The quantitative estimate of drug-likeness (QED) is 0.753. The molecule has 2 amide bonds. The maximum Gasteiger partial charge on any atom is 0.407 e. The monoisotopic (exact) mass is 408 g/mol. The van der Waals surface area contributed by atoms with E-state index < -0.39 is 6.09 Å². The molecule has 2 aromatic rings. The summed E-state index contributed by atoms with van der Waals surface area (Å²) in [5.74, 6) is -0.171. The van der Waals surface area contributed by atoms with Gasteiger partial charge in [0.05, 0.1) is 0 Å². The van der Waals surface area contributed by atoms with Crippen LogP contribution in [0.3, 0.4) is 0 Å². The summed E-state index contributed by atoms with van der Waals surface area (Å²) in [6.07, 6.45) is 3.32. The standard InChI is InChI=1S/C24H25FN2O3/c1-22(27-21(29)30-14-16-5-3-2-4-6-16)15-23(13-19(22)23)24(11-12-24)26-20(28)17-7-9-18(25)10-8-17/h2-10,19H,11-15H2,1H3,(H,26,28)(H,27,29). The highest BCUT2D eigenvalue weighted by Gasteiger charge is 2.83. The number of nitrogens with one attached hydrogen (secondary N) is 2. The van der Waals surface area contributed by atoms with Gasteiger partial charge in [-0.3, -0.25) is 4.79 Å². The molecule has 3 atom stereocenters. The summed E-state index contributed by atoms with van der Waals surface area (Å²) in [6, 6.07) is 15.2. The highest BCUT2D eigenvalue weighted by atomic mass is 19.1. The molecule has 0 radical (unpaired) electrons. The molecule has 3 aliphatic carbocycles. The number of amides is 2. The van der Waals surface area contributed by atoms with E-state index in [1.807, 2.05) is 30.3 Å². The van der Waals surface area contributed by atoms with Gasteiger partial charge in [-0.15, -0.1) is 0 Å². The SMILES string of the molecule is CC1(NC(=O)OCc2ccccc2)CC2(C3(NC(=O)c4ccc(F)cc4)CC3)CC12. The normalized spacial score (nSPS) is 29.7. The smallest absolute Gasteiger partial charge is 0.407 e. The highest BCUT2D eigenvalue weighted by Crippen LogP contribution is 2.81. The molecule has 2 aromatic carbocycles. The van der Waals surface area contributed by atoms with Crippen LogP contribution in [0.25, 0.3) is 0 Å². The Bertz CT molecular complexity index is 989. The lowest BCUT2D eigenvalue weighted by molar-refractivity contribution is 0.0501. The Morgan fingerprint density at radius 2 is 1.77 bits per heavy atom. The first-order chi connectivity index (χ1) is 14.4. The lowest BCUT2D eigenvalue weighted by Crippen LogP contribution is -2.62. The molecule has 5 nitrogen and oxygen atoms in total. The Kier molecular flexibility index (Phi) is 4.17. The molecule has 0 aliphatic heterocycles. The zero-order chi connectivity index (χ0) is 21.0. The highest BCUT2D eigenvalue weighted by molar-refractivity contribution is 5.95. The van der Waals surface area contributed by atoms with E-state index in [9.17, 15) is 14.0 Å². The van der Waals surface area contributed by atoms with Gasteiger partial charge in [0, 0.05) is 22.1 Å². The third-order valence-corrected chi connectivity index (χ3v) is 7.29. The van der Waals surface area contributed by atoms with E-state index in [0.717, 1.165) is 31.2 Å². The third-order valence-electron chi connectivity index (χ3n) is 7.29. The molecule has 3 saturated carbocycles. The van der Waals surface area contributed by atoms with Gasteiger partial charge in [-0.2, -0.15) is 0 Å². The van der Waals surface area contributed by atoms with E-state index in [1.165, 1.54) is 24.3 Å². The van der Waals surface area contributed by atoms with Gasteiger partial charge in [0.25, 0.3) is 5.91 Å². The second-order valence-corrected chi connectivity index (χ2v) is 9.24. The number of hydrogen-bond acceptors (Lipinski definition) is 3. The van der Waals surface area contributed by atoms with Crippen molar-refractivity contribution in [3.63, 3.8) is 0 Å². The number of halogens is 1. The van der Waals surface area contributed by atoms with Crippen molar-refractivity contribution in [1.82, 2.24) is 10.6 Å². The van der Waals surface area contributed by atoms with Crippen molar-refractivity contribution in [3.05, 3.63) is 71.5 Å². The lowest BCUT2D eigenvalue weighted by Gasteiger charge is -2.48. The first-order valence-electron chi connectivity index (χ1n) is 10.4. The van der Waals surface area contributed by atoms with Crippen LogP contribution in [0.4, 0.5) is 9.18 Å². The summed E-state index contributed by atoms with van der Waals surface area (Å²) < 4.78 is 18.5. The van der Waals surface area contributed by atoms with Crippen molar-refractivity contribution in [2.45, 2.75) is 50.3 Å². The van der Waals surface area contributed by atoms with Gasteiger partial charge in [-0.05, 0) is 68.4 Å². The molecule has 0 spiro atoms. The summed E-state index contributed by atoms with van der Waals surface area (Å²) in [7, 11) is 0. The number of carbonyl (C=O) groups excluding carboxylic acids is 2. The van der Waals surface area contributed by atoms with E-state index in [-0.39, 0.29) is 34.8 Å². The van der Waals surface area contributed by atoms with Gasteiger partial charge in [-0.1, -0.05) is 30.3 Å². The summed E-state index contributed by atoms with van der Waals surface area (Å²) in [5, 5.41) is 6.27. The van der Waals surface area contributed by atoms with Gasteiger partial charge in [0.1, 0.15) is 12.4 Å². The molecule has 2 N–H and O–H groups in total. The fourth-order valence-electron chi connectivity index (χ4n) is 5.57.